The Balaban J connectivity index is 2.69. The number of unbranched alkanes of at least 4 members (excludes halogenated alkanes) is 1. The van der Waals surface area contributed by atoms with Crippen LogP contribution in [0.5, 0.6) is 0 Å². The SMILES string of the molecule is CCn1c(N)c(NCCCCC(C)C)c(=O)[nH]c1=O. The van der Waals surface area contributed by atoms with E-state index < -0.39 is 11.2 Å². The minimum absolute atomic E-state index is 0.208. The number of rotatable bonds is 7. The summed E-state index contributed by atoms with van der Waals surface area (Å²) in [5, 5.41) is 3.03. The third kappa shape index (κ3) is 4.15. The lowest BCUT2D eigenvalue weighted by atomic mass is 10.1. The maximum Gasteiger partial charge on any atom is 0.330 e. The molecule has 0 atom stereocenters. The fourth-order valence-electron chi connectivity index (χ4n) is 1.96. The molecule has 108 valence electrons. The molecule has 0 saturated carbocycles. The largest absolute Gasteiger partial charge is 0.383 e. The summed E-state index contributed by atoms with van der Waals surface area (Å²) in [5.41, 5.74) is 5.23. The standard InChI is InChI=1S/C13H24N4O2/c1-4-17-11(14)10(12(18)16-13(17)19)15-8-6-5-7-9(2)3/h9,15H,4-8,14H2,1-3H3,(H,16,18,19). The monoisotopic (exact) mass is 268 g/mol. The summed E-state index contributed by atoms with van der Waals surface area (Å²) in [6.45, 7) is 7.30. The molecule has 0 saturated heterocycles. The minimum atomic E-state index is -0.463. The molecular weight excluding hydrogens is 244 g/mol. The van der Waals surface area contributed by atoms with Crippen LogP contribution in [0.25, 0.3) is 0 Å². The lowest BCUT2D eigenvalue weighted by molar-refractivity contribution is 0.544. The van der Waals surface area contributed by atoms with E-state index in [1.165, 1.54) is 11.0 Å². The summed E-state index contributed by atoms with van der Waals surface area (Å²) >= 11 is 0. The Bertz CT molecular complexity index is 516. The van der Waals surface area contributed by atoms with E-state index in [0.717, 1.165) is 12.8 Å². The van der Waals surface area contributed by atoms with Crippen LogP contribution < -0.4 is 22.3 Å². The van der Waals surface area contributed by atoms with Gasteiger partial charge in [-0.05, 0) is 19.3 Å². The highest BCUT2D eigenvalue weighted by Crippen LogP contribution is 2.11. The number of H-pyrrole nitrogens is 1. The molecule has 1 heterocycles. The van der Waals surface area contributed by atoms with Crippen molar-refractivity contribution in [3.63, 3.8) is 0 Å². The molecule has 4 N–H and O–H groups in total. The van der Waals surface area contributed by atoms with E-state index in [0.29, 0.717) is 24.7 Å². The predicted molar refractivity (Wildman–Crippen MR) is 78.6 cm³/mol. The Labute approximate surface area is 113 Å². The van der Waals surface area contributed by atoms with Gasteiger partial charge in [0.25, 0.3) is 5.56 Å². The van der Waals surface area contributed by atoms with Crippen molar-refractivity contribution in [1.29, 1.82) is 0 Å². The zero-order valence-electron chi connectivity index (χ0n) is 12.0. The Kier molecular flexibility index (Phi) is 5.66. The number of hydrogen-bond donors (Lipinski definition) is 3. The van der Waals surface area contributed by atoms with E-state index >= 15 is 0 Å². The van der Waals surface area contributed by atoms with Crippen LogP contribution in [0.15, 0.2) is 9.59 Å². The van der Waals surface area contributed by atoms with E-state index in [1.54, 1.807) is 0 Å². The normalized spacial score (nSPS) is 10.9. The van der Waals surface area contributed by atoms with Crippen molar-refractivity contribution in [3.8, 4) is 0 Å². The molecule has 0 fully saturated rings. The number of anilines is 2. The Hall–Kier alpha value is -1.72. The third-order valence-electron chi connectivity index (χ3n) is 3.07. The van der Waals surface area contributed by atoms with Crippen LogP contribution in [-0.4, -0.2) is 16.1 Å². The average molecular weight is 268 g/mol. The Morgan fingerprint density at radius 1 is 1.32 bits per heavy atom. The van der Waals surface area contributed by atoms with Crippen LogP contribution in [0.4, 0.5) is 11.5 Å². The highest BCUT2D eigenvalue weighted by molar-refractivity contribution is 5.60. The number of aromatic amines is 1. The molecule has 6 nitrogen and oxygen atoms in total. The number of nitrogens with one attached hydrogen (secondary N) is 2. The zero-order chi connectivity index (χ0) is 14.4. The molecule has 0 aromatic carbocycles. The van der Waals surface area contributed by atoms with Crippen LogP contribution in [0.3, 0.4) is 0 Å². The molecule has 0 spiro atoms. The number of nitrogens with two attached hydrogens (primary N) is 1. The molecule has 0 radical (unpaired) electrons. The Morgan fingerprint density at radius 3 is 2.58 bits per heavy atom. The van der Waals surface area contributed by atoms with Gasteiger partial charge in [0.05, 0.1) is 0 Å². The zero-order valence-corrected chi connectivity index (χ0v) is 12.0. The first kappa shape index (κ1) is 15.3. The first-order chi connectivity index (χ1) is 8.97. The average Bonchev–Trinajstić information content (AvgIpc) is 2.32. The van der Waals surface area contributed by atoms with Gasteiger partial charge in [-0.25, -0.2) is 4.79 Å². The Morgan fingerprint density at radius 2 is 2.00 bits per heavy atom. The molecule has 6 heteroatoms. The van der Waals surface area contributed by atoms with E-state index in [1.807, 2.05) is 6.92 Å². The summed E-state index contributed by atoms with van der Waals surface area (Å²) < 4.78 is 1.35. The molecule has 0 bridgehead atoms. The number of nitrogens with zero attached hydrogens (tertiary/aromatic N) is 1. The molecule has 1 aromatic rings. The van der Waals surface area contributed by atoms with Gasteiger partial charge in [-0.3, -0.25) is 14.3 Å². The van der Waals surface area contributed by atoms with Gasteiger partial charge in [0.15, 0.2) is 0 Å². The topological polar surface area (TPSA) is 92.9 Å². The summed E-state index contributed by atoms with van der Waals surface area (Å²) in [4.78, 5) is 25.5. The van der Waals surface area contributed by atoms with Crippen molar-refractivity contribution in [3.05, 3.63) is 20.8 Å². The first-order valence-electron chi connectivity index (χ1n) is 6.83. The number of hydrogen-bond acceptors (Lipinski definition) is 4. The van der Waals surface area contributed by atoms with E-state index in [-0.39, 0.29) is 5.82 Å². The van der Waals surface area contributed by atoms with Crippen molar-refractivity contribution in [1.82, 2.24) is 9.55 Å². The lowest BCUT2D eigenvalue weighted by Gasteiger charge is -2.12. The molecule has 19 heavy (non-hydrogen) atoms. The van der Waals surface area contributed by atoms with Gasteiger partial charge in [-0.1, -0.05) is 26.7 Å². The summed E-state index contributed by atoms with van der Waals surface area (Å²) in [5.74, 6) is 0.899. The first-order valence-corrected chi connectivity index (χ1v) is 6.83. The number of nitrogen functional groups attached to an aromatic ring is 1. The second kappa shape index (κ2) is 7.01. The predicted octanol–water partition coefficient (Wildman–Crippen LogP) is 1.38. The molecule has 0 unspecified atom stereocenters. The quantitative estimate of drug-likeness (QED) is 0.651. The fraction of sp³-hybridized carbons (Fsp3) is 0.692. The third-order valence-corrected chi connectivity index (χ3v) is 3.07. The lowest BCUT2D eigenvalue weighted by Crippen LogP contribution is -2.33. The van der Waals surface area contributed by atoms with E-state index in [2.05, 4.69) is 24.1 Å². The van der Waals surface area contributed by atoms with Gasteiger partial charge in [0.2, 0.25) is 0 Å². The van der Waals surface area contributed by atoms with Crippen molar-refractivity contribution in [2.75, 3.05) is 17.6 Å². The van der Waals surface area contributed by atoms with Crippen molar-refractivity contribution in [2.24, 2.45) is 5.92 Å². The summed E-state index contributed by atoms with van der Waals surface area (Å²) in [7, 11) is 0. The van der Waals surface area contributed by atoms with Crippen molar-refractivity contribution >= 4 is 11.5 Å². The second-order valence-corrected chi connectivity index (χ2v) is 5.08. The van der Waals surface area contributed by atoms with Gasteiger partial charge in [-0.15, -0.1) is 0 Å². The van der Waals surface area contributed by atoms with E-state index in [4.69, 9.17) is 5.73 Å². The van der Waals surface area contributed by atoms with Crippen LogP contribution >= 0.6 is 0 Å². The smallest absolute Gasteiger partial charge is 0.330 e. The van der Waals surface area contributed by atoms with Crippen molar-refractivity contribution in [2.45, 2.75) is 46.6 Å². The summed E-state index contributed by atoms with van der Waals surface area (Å²) in [6.07, 6.45) is 3.25. The molecule has 0 aliphatic rings. The van der Waals surface area contributed by atoms with Crippen LogP contribution in [0.2, 0.25) is 0 Å². The molecule has 1 aromatic heterocycles. The highest BCUT2D eigenvalue weighted by Gasteiger charge is 2.10. The number of aromatic nitrogens is 2. The highest BCUT2D eigenvalue weighted by atomic mass is 16.2. The van der Waals surface area contributed by atoms with Gasteiger partial charge < -0.3 is 11.1 Å². The van der Waals surface area contributed by atoms with Gasteiger partial charge in [-0.2, -0.15) is 0 Å². The molecule has 0 aliphatic carbocycles. The van der Waals surface area contributed by atoms with Gasteiger partial charge >= 0.3 is 5.69 Å². The molecule has 1 rings (SSSR count). The van der Waals surface area contributed by atoms with Crippen LogP contribution in [0.1, 0.15) is 40.0 Å². The minimum Gasteiger partial charge on any atom is -0.383 e. The molecular formula is C13H24N4O2. The molecule has 0 amide bonds. The second-order valence-electron chi connectivity index (χ2n) is 5.08. The summed E-state index contributed by atoms with van der Waals surface area (Å²) in [6, 6.07) is 0. The van der Waals surface area contributed by atoms with Crippen molar-refractivity contribution < 1.29 is 0 Å². The van der Waals surface area contributed by atoms with Crippen LogP contribution in [0, 0.1) is 5.92 Å². The maximum absolute atomic E-state index is 11.7. The van der Waals surface area contributed by atoms with Gasteiger partial charge in [0.1, 0.15) is 11.5 Å². The van der Waals surface area contributed by atoms with Crippen LogP contribution in [-0.2, 0) is 6.54 Å². The maximum atomic E-state index is 11.7. The van der Waals surface area contributed by atoms with Gasteiger partial charge in [0, 0.05) is 13.1 Å². The molecule has 0 aliphatic heterocycles. The fourth-order valence-corrected chi connectivity index (χ4v) is 1.96. The van der Waals surface area contributed by atoms with E-state index in [9.17, 15) is 9.59 Å².